The van der Waals surface area contributed by atoms with E-state index < -0.39 is 0 Å². The molecule has 0 aliphatic heterocycles. The fourth-order valence-electron chi connectivity index (χ4n) is 3.82. The van der Waals surface area contributed by atoms with Crippen LogP contribution in [0.4, 0.5) is 0 Å². The molecule has 0 saturated carbocycles. The molecule has 5 nitrogen and oxygen atoms in total. The van der Waals surface area contributed by atoms with E-state index in [-0.39, 0.29) is 0 Å². The van der Waals surface area contributed by atoms with Gasteiger partial charge in [-0.2, -0.15) is 0 Å². The van der Waals surface area contributed by atoms with E-state index in [1.165, 1.54) is 10.9 Å². The summed E-state index contributed by atoms with van der Waals surface area (Å²) in [6.07, 6.45) is 3.24. The molecule has 0 spiro atoms. The number of fused-ring (bicyclic) bond motifs is 1. The van der Waals surface area contributed by atoms with E-state index in [0.717, 1.165) is 47.8 Å². The van der Waals surface area contributed by atoms with Crippen LogP contribution in [0.3, 0.4) is 0 Å². The molecule has 1 unspecified atom stereocenters. The molecule has 3 rings (SSSR count). The van der Waals surface area contributed by atoms with E-state index in [0.29, 0.717) is 17.7 Å². The summed E-state index contributed by atoms with van der Waals surface area (Å²) in [5, 5.41) is 1.20. The third-order valence-corrected chi connectivity index (χ3v) is 5.55. The van der Waals surface area contributed by atoms with Gasteiger partial charge in [-0.3, -0.25) is 0 Å². The zero-order chi connectivity index (χ0) is 21.1. The SMILES string of the molecule is CCOCC(CC)c1cn(C)c2nc(-c3ccc(C(C)C)nc3OC)c(C)cc12. The Kier molecular flexibility index (Phi) is 6.58. The smallest absolute Gasteiger partial charge is 0.222 e. The van der Waals surface area contributed by atoms with Crippen molar-refractivity contribution in [3.8, 4) is 17.1 Å². The van der Waals surface area contributed by atoms with Gasteiger partial charge in [0.15, 0.2) is 0 Å². The van der Waals surface area contributed by atoms with Gasteiger partial charge in [-0.15, -0.1) is 0 Å². The molecule has 0 aliphatic rings. The molecule has 3 aromatic heterocycles. The highest BCUT2D eigenvalue weighted by molar-refractivity contribution is 5.86. The average Bonchev–Trinajstić information content (AvgIpc) is 3.03. The van der Waals surface area contributed by atoms with Gasteiger partial charge in [-0.1, -0.05) is 20.8 Å². The second kappa shape index (κ2) is 8.95. The fraction of sp³-hybridized carbons (Fsp3) is 0.500. The number of hydrogen-bond donors (Lipinski definition) is 0. The maximum Gasteiger partial charge on any atom is 0.222 e. The van der Waals surface area contributed by atoms with Crippen LogP contribution in [0.25, 0.3) is 22.3 Å². The third-order valence-electron chi connectivity index (χ3n) is 5.55. The van der Waals surface area contributed by atoms with Crippen molar-refractivity contribution >= 4 is 11.0 Å². The van der Waals surface area contributed by atoms with Crippen molar-refractivity contribution < 1.29 is 9.47 Å². The first-order chi connectivity index (χ1) is 13.9. The van der Waals surface area contributed by atoms with Crippen LogP contribution in [0.2, 0.25) is 0 Å². The molecule has 5 heteroatoms. The highest BCUT2D eigenvalue weighted by atomic mass is 16.5. The predicted octanol–water partition coefficient (Wildman–Crippen LogP) is 5.61. The number of methoxy groups -OCH3 is 1. The maximum absolute atomic E-state index is 5.73. The van der Waals surface area contributed by atoms with Crippen molar-refractivity contribution in [2.24, 2.45) is 7.05 Å². The zero-order valence-electron chi connectivity index (χ0n) is 18.7. The largest absolute Gasteiger partial charge is 0.480 e. The molecule has 0 amide bonds. The number of rotatable bonds is 8. The summed E-state index contributed by atoms with van der Waals surface area (Å²) in [7, 11) is 3.73. The number of pyridine rings is 2. The first-order valence-corrected chi connectivity index (χ1v) is 10.5. The molecule has 0 saturated heterocycles. The summed E-state index contributed by atoms with van der Waals surface area (Å²) < 4.78 is 13.5. The molecule has 0 N–H and O–H groups in total. The van der Waals surface area contributed by atoms with Crippen LogP contribution in [0, 0.1) is 6.92 Å². The standard InChI is InChI=1S/C24H33N3O2/c1-8-17(14-29-9-2)20-13-27(6)23-19(20)12-16(5)22(26-23)18-10-11-21(15(3)4)25-24(18)28-7/h10-13,15,17H,8-9,14H2,1-7H3. The van der Waals surface area contributed by atoms with Crippen LogP contribution < -0.4 is 4.74 Å². The van der Waals surface area contributed by atoms with Crippen LogP contribution in [0.1, 0.15) is 62.8 Å². The van der Waals surface area contributed by atoms with Crippen molar-refractivity contribution in [1.29, 1.82) is 0 Å². The summed E-state index contributed by atoms with van der Waals surface area (Å²) in [5.74, 6) is 1.34. The molecule has 0 aliphatic carbocycles. The molecule has 0 fully saturated rings. The number of aryl methyl sites for hydroxylation is 2. The van der Waals surface area contributed by atoms with Gasteiger partial charge in [0.25, 0.3) is 0 Å². The Balaban J connectivity index is 2.13. The molecule has 156 valence electrons. The second-order valence-electron chi connectivity index (χ2n) is 7.93. The zero-order valence-corrected chi connectivity index (χ0v) is 18.7. The highest BCUT2D eigenvalue weighted by Gasteiger charge is 2.20. The van der Waals surface area contributed by atoms with Gasteiger partial charge in [0.1, 0.15) is 5.65 Å². The molecule has 3 aromatic rings. The van der Waals surface area contributed by atoms with Gasteiger partial charge >= 0.3 is 0 Å². The Labute approximate surface area is 174 Å². The van der Waals surface area contributed by atoms with Crippen molar-refractivity contribution in [1.82, 2.24) is 14.5 Å². The Morgan fingerprint density at radius 3 is 2.52 bits per heavy atom. The number of hydrogen-bond acceptors (Lipinski definition) is 4. The molecule has 3 heterocycles. The molecule has 0 bridgehead atoms. The molecule has 29 heavy (non-hydrogen) atoms. The monoisotopic (exact) mass is 395 g/mol. The van der Waals surface area contributed by atoms with Gasteiger partial charge in [-0.25, -0.2) is 9.97 Å². The van der Waals surface area contributed by atoms with Crippen LogP contribution in [-0.2, 0) is 11.8 Å². The fourth-order valence-corrected chi connectivity index (χ4v) is 3.82. The van der Waals surface area contributed by atoms with Crippen LogP contribution in [0.15, 0.2) is 24.4 Å². The number of aromatic nitrogens is 3. The van der Waals surface area contributed by atoms with E-state index in [2.05, 4.69) is 63.7 Å². The van der Waals surface area contributed by atoms with Crippen molar-refractivity contribution in [3.05, 3.63) is 41.2 Å². The van der Waals surface area contributed by atoms with E-state index in [1.54, 1.807) is 7.11 Å². The van der Waals surface area contributed by atoms with Gasteiger partial charge in [0.05, 0.1) is 25.0 Å². The van der Waals surface area contributed by atoms with E-state index >= 15 is 0 Å². The molecule has 0 radical (unpaired) electrons. The van der Waals surface area contributed by atoms with Crippen LogP contribution >= 0.6 is 0 Å². The minimum Gasteiger partial charge on any atom is -0.480 e. The minimum atomic E-state index is 0.348. The summed E-state index contributed by atoms with van der Waals surface area (Å²) in [4.78, 5) is 9.75. The Morgan fingerprint density at radius 2 is 1.90 bits per heavy atom. The van der Waals surface area contributed by atoms with E-state index in [1.807, 2.05) is 6.92 Å². The Morgan fingerprint density at radius 1 is 1.14 bits per heavy atom. The lowest BCUT2D eigenvalue weighted by Crippen LogP contribution is -2.06. The third kappa shape index (κ3) is 4.15. The molecule has 1 atom stereocenters. The quantitative estimate of drug-likeness (QED) is 0.498. The number of ether oxygens (including phenoxy) is 2. The first kappa shape index (κ1) is 21.3. The lowest BCUT2D eigenvalue weighted by atomic mass is 9.96. The maximum atomic E-state index is 5.73. The van der Waals surface area contributed by atoms with Gasteiger partial charge in [0.2, 0.25) is 5.88 Å². The molecular weight excluding hydrogens is 362 g/mol. The normalized spacial score (nSPS) is 12.7. The molecular formula is C24H33N3O2. The Bertz CT molecular complexity index is 991. The minimum absolute atomic E-state index is 0.348. The van der Waals surface area contributed by atoms with E-state index in [4.69, 9.17) is 19.4 Å². The summed E-state index contributed by atoms with van der Waals surface area (Å²) >= 11 is 0. The lowest BCUT2D eigenvalue weighted by molar-refractivity contribution is 0.131. The van der Waals surface area contributed by atoms with Gasteiger partial charge < -0.3 is 14.0 Å². The number of nitrogens with zero attached hydrogens (tertiary/aromatic N) is 3. The molecule has 0 aromatic carbocycles. The van der Waals surface area contributed by atoms with Crippen molar-refractivity contribution in [2.75, 3.05) is 20.3 Å². The second-order valence-corrected chi connectivity index (χ2v) is 7.93. The average molecular weight is 396 g/mol. The van der Waals surface area contributed by atoms with Crippen molar-refractivity contribution in [2.45, 2.75) is 52.9 Å². The lowest BCUT2D eigenvalue weighted by Gasteiger charge is -2.15. The summed E-state index contributed by atoms with van der Waals surface area (Å²) in [5.41, 5.74) is 6.27. The summed E-state index contributed by atoms with van der Waals surface area (Å²) in [6.45, 7) is 12.1. The van der Waals surface area contributed by atoms with Crippen LogP contribution in [0.5, 0.6) is 5.88 Å². The topological polar surface area (TPSA) is 49.2 Å². The summed E-state index contributed by atoms with van der Waals surface area (Å²) in [6, 6.07) is 6.40. The Hall–Kier alpha value is -2.40. The first-order valence-electron chi connectivity index (χ1n) is 10.5. The van der Waals surface area contributed by atoms with Crippen molar-refractivity contribution in [3.63, 3.8) is 0 Å². The van der Waals surface area contributed by atoms with Gasteiger partial charge in [-0.05, 0) is 55.5 Å². The highest BCUT2D eigenvalue weighted by Crippen LogP contribution is 2.35. The van der Waals surface area contributed by atoms with Gasteiger partial charge in [0, 0.05) is 36.8 Å². The van der Waals surface area contributed by atoms with Crippen LogP contribution in [-0.4, -0.2) is 34.9 Å². The van der Waals surface area contributed by atoms with E-state index in [9.17, 15) is 0 Å². The predicted molar refractivity (Wildman–Crippen MR) is 119 cm³/mol.